The molecule has 98 valence electrons. The van der Waals surface area contributed by atoms with Gasteiger partial charge in [-0.15, -0.1) is 0 Å². The number of anilines is 1. The molecule has 4 heteroatoms. The number of hydrogen-bond acceptors (Lipinski definition) is 3. The number of nitrogens with two attached hydrogens (primary N) is 1. The molecule has 2 N–H and O–H groups in total. The monoisotopic (exact) mass is 248 g/mol. The molecule has 1 aliphatic rings. The number of rotatable bonds is 5. The lowest BCUT2D eigenvalue weighted by molar-refractivity contribution is -0.119. The SMILES string of the molecule is COCCC(=O)N1CC(CCN)c2ccccc21. The van der Waals surface area contributed by atoms with Gasteiger partial charge >= 0.3 is 0 Å². The van der Waals surface area contributed by atoms with Crippen LogP contribution in [0.3, 0.4) is 0 Å². The number of fused-ring (bicyclic) bond motifs is 1. The highest BCUT2D eigenvalue weighted by Gasteiger charge is 2.30. The number of carbonyl (C=O) groups is 1. The van der Waals surface area contributed by atoms with Crippen LogP contribution in [0.15, 0.2) is 24.3 Å². The average Bonchev–Trinajstić information content (AvgIpc) is 2.76. The van der Waals surface area contributed by atoms with Crippen LogP contribution in [0.4, 0.5) is 5.69 Å². The molecular formula is C14H20N2O2. The lowest BCUT2D eigenvalue weighted by atomic mass is 9.98. The summed E-state index contributed by atoms with van der Waals surface area (Å²) in [6.45, 7) is 1.87. The van der Waals surface area contributed by atoms with Crippen molar-refractivity contribution in [1.82, 2.24) is 0 Å². The van der Waals surface area contributed by atoms with Crippen molar-refractivity contribution in [3.63, 3.8) is 0 Å². The van der Waals surface area contributed by atoms with E-state index < -0.39 is 0 Å². The minimum Gasteiger partial charge on any atom is -0.384 e. The second-order valence-electron chi connectivity index (χ2n) is 4.58. The van der Waals surface area contributed by atoms with E-state index >= 15 is 0 Å². The predicted octanol–water partition coefficient (Wildman–Crippen LogP) is 1.50. The molecule has 0 aromatic heterocycles. The van der Waals surface area contributed by atoms with Crippen LogP contribution in [0.25, 0.3) is 0 Å². The van der Waals surface area contributed by atoms with Crippen molar-refractivity contribution in [2.75, 3.05) is 31.7 Å². The first-order chi connectivity index (χ1) is 8.77. The summed E-state index contributed by atoms with van der Waals surface area (Å²) in [5.74, 6) is 0.501. The van der Waals surface area contributed by atoms with Crippen molar-refractivity contribution in [2.24, 2.45) is 5.73 Å². The maximum atomic E-state index is 12.1. The van der Waals surface area contributed by atoms with Crippen LogP contribution in [0.2, 0.25) is 0 Å². The summed E-state index contributed by atoms with van der Waals surface area (Å²) in [6, 6.07) is 8.10. The van der Waals surface area contributed by atoms with E-state index in [1.54, 1.807) is 7.11 Å². The summed E-state index contributed by atoms with van der Waals surface area (Å²) in [6.07, 6.45) is 1.35. The van der Waals surface area contributed by atoms with Gasteiger partial charge in [-0.05, 0) is 24.6 Å². The van der Waals surface area contributed by atoms with Crippen LogP contribution < -0.4 is 10.6 Å². The number of para-hydroxylation sites is 1. The minimum atomic E-state index is 0.129. The van der Waals surface area contributed by atoms with E-state index in [4.69, 9.17) is 10.5 Å². The number of benzene rings is 1. The van der Waals surface area contributed by atoms with Gasteiger partial charge in [-0.25, -0.2) is 0 Å². The molecule has 4 nitrogen and oxygen atoms in total. The first kappa shape index (κ1) is 13.1. The Balaban J connectivity index is 2.17. The van der Waals surface area contributed by atoms with E-state index in [0.29, 0.717) is 25.5 Å². The molecule has 1 aliphatic heterocycles. The molecule has 0 fully saturated rings. The number of nitrogens with zero attached hydrogens (tertiary/aromatic N) is 1. The fourth-order valence-corrected chi connectivity index (χ4v) is 2.50. The topological polar surface area (TPSA) is 55.6 Å². The van der Waals surface area contributed by atoms with Crippen LogP contribution in [-0.4, -0.2) is 32.7 Å². The van der Waals surface area contributed by atoms with Gasteiger partial charge in [0.1, 0.15) is 0 Å². The zero-order chi connectivity index (χ0) is 13.0. The number of methoxy groups -OCH3 is 1. The fourth-order valence-electron chi connectivity index (χ4n) is 2.50. The fraction of sp³-hybridized carbons (Fsp3) is 0.500. The van der Waals surface area contributed by atoms with Gasteiger partial charge in [0.15, 0.2) is 0 Å². The highest BCUT2D eigenvalue weighted by atomic mass is 16.5. The molecule has 1 aromatic carbocycles. The third-order valence-corrected chi connectivity index (χ3v) is 3.41. The summed E-state index contributed by atoms with van der Waals surface area (Å²) in [4.78, 5) is 14.0. The van der Waals surface area contributed by atoms with Gasteiger partial charge in [0.2, 0.25) is 5.91 Å². The third-order valence-electron chi connectivity index (χ3n) is 3.41. The number of ether oxygens (including phenoxy) is 1. The summed E-state index contributed by atoms with van der Waals surface area (Å²) in [7, 11) is 1.61. The van der Waals surface area contributed by atoms with E-state index in [1.165, 1.54) is 5.56 Å². The summed E-state index contributed by atoms with van der Waals surface area (Å²) in [5, 5.41) is 0. The molecule has 0 spiro atoms. The molecule has 2 rings (SSSR count). The average molecular weight is 248 g/mol. The van der Waals surface area contributed by atoms with Gasteiger partial charge < -0.3 is 15.4 Å². The summed E-state index contributed by atoms with van der Waals surface area (Å²) in [5.41, 5.74) is 7.93. The van der Waals surface area contributed by atoms with Crippen molar-refractivity contribution >= 4 is 11.6 Å². The second-order valence-corrected chi connectivity index (χ2v) is 4.58. The molecule has 1 heterocycles. The lowest BCUT2D eigenvalue weighted by Crippen LogP contribution is -2.30. The molecule has 0 radical (unpaired) electrons. The number of carbonyl (C=O) groups excluding carboxylic acids is 1. The summed E-state index contributed by atoms with van der Waals surface area (Å²) < 4.78 is 4.97. The van der Waals surface area contributed by atoms with Gasteiger partial charge in [0.05, 0.1) is 13.0 Å². The Labute approximate surface area is 108 Å². The van der Waals surface area contributed by atoms with E-state index in [-0.39, 0.29) is 5.91 Å². The van der Waals surface area contributed by atoms with E-state index in [2.05, 4.69) is 6.07 Å². The van der Waals surface area contributed by atoms with Crippen molar-refractivity contribution in [1.29, 1.82) is 0 Å². The largest absolute Gasteiger partial charge is 0.384 e. The van der Waals surface area contributed by atoms with Gasteiger partial charge in [-0.2, -0.15) is 0 Å². The Bertz CT molecular complexity index is 420. The molecule has 1 unspecified atom stereocenters. The standard InChI is InChI=1S/C14H20N2O2/c1-18-9-7-14(17)16-10-11(6-8-15)12-4-2-3-5-13(12)16/h2-5,11H,6-10,15H2,1H3. The van der Waals surface area contributed by atoms with Gasteiger partial charge in [0.25, 0.3) is 0 Å². The molecule has 0 saturated heterocycles. The summed E-state index contributed by atoms with van der Waals surface area (Å²) >= 11 is 0. The number of amides is 1. The van der Waals surface area contributed by atoms with Crippen molar-refractivity contribution in [3.05, 3.63) is 29.8 Å². The normalized spacial score (nSPS) is 17.9. The second kappa shape index (κ2) is 5.98. The predicted molar refractivity (Wildman–Crippen MR) is 71.7 cm³/mol. The van der Waals surface area contributed by atoms with E-state index in [0.717, 1.165) is 18.7 Å². The maximum Gasteiger partial charge on any atom is 0.229 e. The van der Waals surface area contributed by atoms with E-state index in [1.807, 2.05) is 23.1 Å². The Hall–Kier alpha value is -1.39. The Morgan fingerprint density at radius 2 is 2.28 bits per heavy atom. The first-order valence-corrected chi connectivity index (χ1v) is 6.36. The van der Waals surface area contributed by atoms with Crippen LogP contribution in [0.5, 0.6) is 0 Å². The Morgan fingerprint density at radius 3 is 3.00 bits per heavy atom. The smallest absolute Gasteiger partial charge is 0.229 e. The first-order valence-electron chi connectivity index (χ1n) is 6.36. The van der Waals surface area contributed by atoms with Gasteiger partial charge in [0, 0.05) is 25.3 Å². The van der Waals surface area contributed by atoms with Crippen LogP contribution in [-0.2, 0) is 9.53 Å². The van der Waals surface area contributed by atoms with Crippen LogP contribution in [0.1, 0.15) is 24.3 Å². The van der Waals surface area contributed by atoms with E-state index in [9.17, 15) is 4.79 Å². The number of hydrogen-bond donors (Lipinski definition) is 1. The molecule has 0 bridgehead atoms. The molecule has 18 heavy (non-hydrogen) atoms. The van der Waals surface area contributed by atoms with Crippen molar-refractivity contribution in [2.45, 2.75) is 18.8 Å². The molecule has 0 saturated carbocycles. The Kier molecular flexibility index (Phi) is 4.33. The van der Waals surface area contributed by atoms with Gasteiger partial charge in [-0.3, -0.25) is 4.79 Å². The highest BCUT2D eigenvalue weighted by Crippen LogP contribution is 2.37. The maximum absolute atomic E-state index is 12.1. The minimum absolute atomic E-state index is 0.129. The molecule has 1 atom stereocenters. The molecule has 1 aromatic rings. The zero-order valence-electron chi connectivity index (χ0n) is 10.8. The van der Waals surface area contributed by atoms with Gasteiger partial charge in [-0.1, -0.05) is 18.2 Å². The lowest BCUT2D eigenvalue weighted by Gasteiger charge is -2.17. The highest BCUT2D eigenvalue weighted by molar-refractivity contribution is 5.95. The molecule has 0 aliphatic carbocycles. The van der Waals surface area contributed by atoms with Crippen LogP contribution >= 0.6 is 0 Å². The Morgan fingerprint density at radius 1 is 1.50 bits per heavy atom. The van der Waals surface area contributed by atoms with Crippen molar-refractivity contribution in [3.8, 4) is 0 Å². The molecular weight excluding hydrogens is 228 g/mol. The van der Waals surface area contributed by atoms with Crippen LogP contribution in [0, 0.1) is 0 Å². The van der Waals surface area contributed by atoms with Crippen molar-refractivity contribution < 1.29 is 9.53 Å². The zero-order valence-corrected chi connectivity index (χ0v) is 10.8. The molecule has 1 amide bonds. The quantitative estimate of drug-likeness (QED) is 0.859. The third kappa shape index (κ3) is 2.54.